The second kappa shape index (κ2) is 19.9. The maximum atomic E-state index is 12.3. The van der Waals surface area contributed by atoms with E-state index in [4.69, 9.17) is 18.6 Å². The van der Waals surface area contributed by atoms with Gasteiger partial charge in [0.2, 0.25) is 0 Å². The molecule has 3 aliphatic carbocycles. The van der Waals surface area contributed by atoms with Gasteiger partial charge >= 0.3 is 35.6 Å². The van der Waals surface area contributed by atoms with E-state index in [0.717, 1.165) is 30.5 Å². The zero-order valence-corrected chi connectivity index (χ0v) is 38.6. The van der Waals surface area contributed by atoms with E-state index in [1.165, 1.54) is 69.8 Å². The van der Waals surface area contributed by atoms with Crippen molar-refractivity contribution in [2.24, 2.45) is 23.7 Å². The summed E-state index contributed by atoms with van der Waals surface area (Å²) in [5.74, 6) is 2.34. The molecule has 5 heteroatoms. The summed E-state index contributed by atoms with van der Waals surface area (Å²) in [6, 6.07) is 25.7. The third-order valence-electron chi connectivity index (χ3n) is 12.6. The molecule has 290 valence electrons. The average Bonchev–Trinajstić information content (AvgIpc) is 3.48. The number of phenols is 1. The van der Waals surface area contributed by atoms with Crippen molar-refractivity contribution in [3.8, 4) is 5.75 Å². The molecule has 0 spiro atoms. The number of allylic oxidation sites excluding steroid dienone is 8. The van der Waals surface area contributed by atoms with Gasteiger partial charge in [-0.05, 0) is 111 Å². The van der Waals surface area contributed by atoms with Crippen LogP contribution in [-0.4, -0.2) is 13.2 Å². The number of halogens is 2. The molecule has 0 heterocycles. The molecular weight excluding hydrogens is 751 g/mol. The van der Waals surface area contributed by atoms with Gasteiger partial charge in [0, 0.05) is 0 Å². The van der Waals surface area contributed by atoms with E-state index < -0.39 is 25.1 Å². The van der Waals surface area contributed by atoms with Crippen LogP contribution in [0.1, 0.15) is 108 Å². The second-order valence-corrected chi connectivity index (χ2v) is 24.3. The Kier molecular flexibility index (Phi) is 16.4. The number of unbranched alkanes of at least 4 members (excludes halogenated alkanes) is 2. The topological polar surface area (TPSA) is 20.2 Å². The molecule has 3 aromatic carbocycles. The fourth-order valence-corrected chi connectivity index (χ4v) is 15.6. The number of hydrogen-bond donors (Lipinski definition) is 1. The van der Waals surface area contributed by atoms with Crippen molar-refractivity contribution in [1.29, 1.82) is 0 Å². The molecule has 1 saturated carbocycles. The fraction of sp³-hybridized carbons (Fsp3) is 0.449. The fourth-order valence-electron chi connectivity index (χ4n) is 9.77. The van der Waals surface area contributed by atoms with Crippen molar-refractivity contribution < 1.29 is 22.1 Å². The van der Waals surface area contributed by atoms with Crippen molar-refractivity contribution in [2.45, 2.75) is 117 Å². The molecule has 0 amide bonds. The van der Waals surface area contributed by atoms with Crippen LogP contribution in [0.5, 0.6) is 5.75 Å². The number of phenolic OH excluding ortho intramolecular Hbond substituents is 1. The van der Waals surface area contributed by atoms with Crippen LogP contribution in [0.25, 0.3) is 11.1 Å². The van der Waals surface area contributed by atoms with Gasteiger partial charge < -0.3 is 12.5 Å². The van der Waals surface area contributed by atoms with E-state index in [1.807, 2.05) is 0 Å². The van der Waals surface area contributed by atoms with Gasteiger partial charge in [-0.2, -0.15) is 0 Å². The predicted octanol–water partition coefficient (Wildman–Crippen LogP) is 14.4. The quantitative estimate of drug-likeness (QED) is 0.143. The molecule has 1 fully saturated rings. The normalized spacial score (nSPS) is 21.6. The van der Waals surface area contributed by atoms with Crippen LogP contribution in [0.3, 0.4) is 0 Å². The first kappa shape index (κ1) is 44.6. The Morgan fingerprint density at radius 2 is 1.11 bits per heavy atom. The first-order valence-electron chi connectivity index (χ1n) is 20.3. The standard InChI is InChI=1S/C48H62OSi.CH3.2ClH.Ti/c1-9-13-15-34-17-21-36(22-18-34)38-25-27-40-41-28-26-39(37-23-19-35(20-24-37)16-14-10-2)32-43(41)47(42(40)31-38)50(11-3,12-4)45-30-33(5)29-44(46(45)49)48(6,7)8;;;;/h17-32,40-43,47,49H,9-16H2,1-8H3;1H3;2*1H;/q;-1;;;+2/p-2. The summed E-state index contributed by atoms with van der Waals surface area (Å²) in [5, 5.41) is 13.6. The monoisotopic (exact) mass is 815 g/mol. The van der Waals surface area contributed by atoms with Crippen molar-refractivity contribution in [1.82, 2.24) is 0 Å². The van der Waals surface area contributed by atoms with E-state index in [9.17, 15) is 5.11 Å². The molecule has 3 aliphatic rings. The van der Waals surface area contributed by atoms with Crippen molar-refractivity contribution in [2.75, 3.05) is 0 Å². The van der Waals surface area contributed by atoms with Gasteiger partial charge in [-0.3, -0.25) is 0 Å². The Morgan fingerprint density at radius 3 is 1.48 bits per heavy atom. The van der Waals surface area contributed by atoms with Crippen molar-refractivity contribution >= 4 is 43.0 Å². The van der Waals surface area contributed by atoms with Gasteiger partial charge in [0.15, 0.2) is 0 Å². The molecule has 0 bridgehead atoms. The number of rotatable bonds is 12. The van der Waals surface area contributed by atoms with Gasteiger partial charge in [0.1, 0.15) is 5.75 Å². The molecule has 54 heavy (non-hydrogen) atoms. The first-order chi connectivity index (χ1) is 25.5. The Labute approximate surface area is 347 Å². The third kappa shape index (κ3) is 9.54. The Hall–Kier alpha value is -2.07. The van der Waals surface area contributed by atoms with Crippen LogP contribution in [0, 0.1) is 38.0 Å². The summed E-state index contributed by atoms with van der Waals surface area (Å²) in [6.45, 7) is 18.4. The van der Waals surface area contributed by atoms with Crippen LogP contribution < -0.4 is 5.19 Å². The van der Waals surface area contributed by atoms with E-state index in [0.29, 0.717) is 35.0 Å². The molecular formula is C49H65Cl2OSiTi-. The van der Waals surface area contributed by atoms with E-state index in [1.54, 1.807) is 0 Å². The van der Waals surface area contributed by atoms with E-state index >= 15 is 0 Å². The number of aromatic hydroxyl groups is 1. The number of hydrogen-bond acceptors (Lipinski definition) is 1. The molecule has 0 radical (unpaired) electrons. The summed E-state index contributed by atoms with van der Waals surface area (Å²) in [4.78, 5) is 0. The number of benzene rings is 3. The van der Waals surface area contributed by atoms with Gasteiger partial charge in [-0.1, -0.05) is 176 Å². The summed E-state index contributed by atoms with van der Waals surface area (Å²) >= 11 is -0.556. The van der Waals surface area contributed by atoms with E-state index in [-0.39, 0.29) is 12.8 Å². The molecule has 0 aromatic heterocycles. The van der Waals surface area contributed by atoms with Gasteiger partial charge in [0.05, 0.1) is 8.07 Å². The zero-order chi connectivity index (χ0) is 38.3. The SMILES string of the molecule is CCCCc1ccc(C2=CC3C(C=C2)C2C=CC(c4ccc(CCCC)cc4)=CC2C3[Si](CC)(CC)c2cc(C)cc(C(C)(C)C)c2O)cc1.[CH3-].[Cl][Ti][Cl]. The zero-order valence-electron chi connectivity index (χ0n) is 34.5. The Bertz CT molecular complexity index is 1700. The molecule has 0 saturated heterocycles. The minimum absolute atomic E-state index is 0. The second-order valence-electron chi connectivity index (χ2n) is 16.8. The molecule has 6 rings (SSSR count). The van der Waals surface area contributed by atoms with Crippen molar-refractivity contribution in [3.63, 3.8) is 0 Å². The van der Waals surface area contributed by atoms with Crippen LogP contribution in [0.4, 0.5) is 0 Å². The maximum absolute atomic E-state index is 12.3. The Morgan fingerprint density at radius 1 is 0.685 bits per heavy atom. The predicted molar refractivity (Wildman–Crippen MR) is 238 cm³/mol. The minimum atomic E-state index is -2.30. The Balaban J connectivity index is 0.00000157. The molecule has 1 N–H and O–H groups in total. The number of fused-ring (bicyclic) bond motifs is 3. The van der Waals surface area contributed by atoms with Crippen LogP contribution >= 0.6 is 18.6 Å². The molecule has 3 aromatic rings. The van der Waals surface area contributed by atoms with Crippen molar-refractivity contribution in [3.05, 3.63) is 138 Å². The van der Waals surface area contributed by atoms with Crippen LogP contribution in [0.2, 0.25) is 17.6 Å². The van der Waals surface area contributed by atoms with E-state index in [2.05, 4.69) is 153 Å². The van der Waals surface area contributed by atoms with Gasteiger partial charge in [0.25, 0.3) is 0 Å². The third-order valence-corrected chi connectivity index (χ3v) is 18.6. The van der Waals surface area contributed by atoms with Crippen LogP contribution in [0.15, 0.2) is 97.1 Å². The summed E-state index contributed by atoms with van der Waals surface area (Å²) in [7, 11) is 7.47. The van der Waals surface area contributed by atoms with Crippen LogP contribution in [-0.2, 0) is 35.3 Å². The molecule has 4 atom stereocenters. The summed E-state index contributed by atoms with van der Waals surface area (Å²) < 4.78 is 0. The molecule has 0 aliphatic heterocycles. The average molecular weight is 817 g/mol. The van der Waals surface area contributed by atoms with Gasteiger partial charge in [-0.25, -0.2) is 0 Å². The molecule has 4 unspecified atom stereocenters. The first-order valence-corrected chi connectivity index (χ1v) is 27.0. The summed E-state index contributed by atoms with van der Waals surface area (Å²) in [5.41, 5.74) is 11.0. The summed E-state index contributed by atoms with van der Waals surface area (Å²) in [6.07, 6.45) is 22.6. The molecule has 1 nitrogen and oxygen atoms in total. The van der Waals surface area contributed by atoms with Gasteiger partial charge in [-0.15, -0.1) is 0 Å². The number of aryl methyl sites for hydroxylation is 3.